The molecule has 2 amide bonds. The van der Waals surface area contributed by atoms with Crippen LogP contribution in [-0.4, -0.2) is 44.2 Å². The van der Waals surface area contributed by atoms with Gasteiger partial charge in [-0.15, -0.1) is 0 Å². The van der Waals surface area contributed by atoms with Crippen LogP contribution in [0.5, 0.6) is 0 Å². The fraction of sp³-hybridized carbons (Fsp3) is 0.652. The van der Waals surface area contributed by atoms with E-state index in [4.69, 9.17) is 4.74 Å². The summed E-state index contributed by atoms with van der Waals surface area (Å²) in [6.45, 7) is 5.41. The minimum Gasteiger partial charge on any atom is -0.376 e. The first-order valence-corrected chi connectivity index (χ1v) is 11.3. The van der Waals surface area contributed by atoms with Gasteiger partial charge >= 0.3 is 0 Å². The lowest BCUT2D eigenvalue weighted by molar-refractivity contribution is -0.116. The number of nitrogens with zero attached hydrogens (tertiary/aromatic N) is 1. The molecule has 0 aromatic heterocycles. The molecule has 0 unspecified atom stereocenters. The van der Waals surface area contributed by atoms with Gasteiger partial charge in [0, 0.05) is 44.0 Å². The molecule has 2 heterocycles. The van der Waals surface area contributed by atoms with Gasteiger partial charge in [-0.3, -0.25) is 9.59 Å². The maximum atomic E-state index is 13.0. The van der Waals surface area contributed by atoms with Crippen molar-refractivity contribution in [2.24, 2.45) is 0 Å². The third-order valence-electron chi connectivity index (χ3n) is 5.74. The minimum absolute atomic E-state index is 0.0146. The summed E-state index contributed by atoms with van der Waals surface area (Å²) in [5.74, 6) is -0.0813. The predicted octanol–water partition coefficient (Wildman–Crippen LogP) is 4.10. The van der Waals surface area contributed by atoms with Gasteiger partial charge in [-0.05, 0) is 50.3 Å². The quantitative estimate of drug-likeness (QED) is 0.579. The van der Waals surface area contributed by atoms with Gasteiger partial charge in [0.05, 0.1) is 11.7 Å². The number of anilines is 2. The standard InChI is InChI=1S/C23H35N3O3/c1-2-3-4-5-10-22(27)25-18-11-12-21(26-13-6-7-14-26)20(16-18)23(28)24-17-19-9-8-15-29-19/h11-12,16,19H,2-10,13-15,17H2,1H3,(H,24,28)(H,25,27)/t19-/m1/s1. The summed E-state index contributed by atoms with van der Waals surface area (Å²) < 4.78 is 5.62. The van der Waals surface area contributed by atoms with E-state index in [9.17, 15) is 9.59 Å². The topological polar surface area (TPSA) is 70.7 Å². The van der Waals surface area contributed by atoms with E-state index in [2.05, 4.69) is 22.5 Å². The van der Waals surface area contributed by atoms with Crippen LogP contribution in [0.15, 0.2) is 18.2 Å². The van der Waals surface area contributed by atoms with Crippen molar-refractivity contribution in [2.45, 2.75) is 70.8 Å². The monoisotopic (exact) mass is 401 g/mol. The van der Waals surface area contributed by atoms with Crippen molar-refractivity contribution < 1.29 is 14.3 Å². The molecule has 3 rings (SSSR count). The van der Waals surface area contributed by atoms with Gasteiger partial charge < -0.3 is 20.3 Å². The summed E-state index contributed by atoms with van der Waals surface area (Å²) in [7, 11) is 0. The number of carbonyl (C=O) groups is 2. The van der Waals surface area contributed by atoms with Crippen molar-refractivity contribution in [3.05, 3.63) is 23.8 Å². The SMILES string of the molecule is CCCCCCC(=O)Nc1ccc(N2CCCC2)c(C(=O)NC[C@H]2CCCO2)c1. The number of carbonyl (C=O) groups excluding carboxylic acids is 2. The zero-order valence-electron chi connectivity index (χ0n) is 17.7. The zero-order chi connectivity index (χ0) is 20.5. The van der Waals surface area contributed by atoms with Gasteiger partial charge in [-0.2, -0.15) is 0 Å². The summed E-state index contributed by atoms with van der Waals surface area (Å²) in [4.78, 5) is 27.5. The van der Waals surface area contributed by atoms with E-state index in [0.29, 0.717) is 24.2 Å². The molecule has 1 aromatic rings. The number of nitrogens with one attached hydrogen (secondary N) is 2. The van der Waals surface area contributed by atoms with Gasteiger partial charge in [0.25, 0.3) is 5.91 Å². The van der Waals surface area contributed by atoms with Gasteiger partial charge in [-0.1, -0.05) is 26.2 Å². The Kier molecular flexibility index (Phi) is 8.35. The first-order chi connectivity index (χ1) is 14.2. The lowest BCUT2D eigenvalue weighted by Crippen LogP contribution is -2.33. The number of rotatable bonds is 10. The Morgan fingerprint density at radius 3 is 2.69 bits per heavy atom. The largest absolute Gasteiger partial charge is 0.376 e. The van der Waals surface area contributed by atoms with Crippen molar-refractivity contribution in [3.63, 3.8) is 0 Å². The molecule has 2 aliphatic heterocycles. The lowest BCUT2D eigenvalue weighted by atomic mass is 10.1. The van der Waals surface area contributed by atoms with Crippen LogP contribution in [-0.2, 0) is 9.53 Å². The van der Waals surface area contributed by atoms with Crippen LogP contribution in [0.25, 0.3) is 0 Å². The smallest absolute Gasteiger partial charge is 0.253 e. The number of hydrogen-bond donors (Lipinski definition) is 2. The van der Waals surface area contributed by atoms with E-state index >= 15 is 0 Å². The Bertz CT molecular complexity index is 680. The second kappa shape index (κ2) is 11.2. The second-order valence-corrected chi connectivity index (χ2v) is 8.13. The molecule has 6 heteroatoms. The highest BCUT2D eigenvalue weighted by atomic mass is 16.5. The van der Waals surface area contributed by atoms with E-state index < -0.39 is 0 Å². The molecule has 0 radical (unpaired) electrons. The molecule has 2 fully saturated rings. The molecule has 6 nitrogen and oxygen atoms in total. The van der Waals surface area contributed by atoms with Gasteiger partial charge in [-0.25, -0.2) is 0 Å². The van der Waals surface area contributed by atoms with Crippen LogP contribution in [0.1, 0.15) is 75.1 Å². The highest BCUT2D eigenvalue weighted by Crippen LogP contribution is 2.28. The highest BCUT2D eigenvalue weighted by Gasteiger charge is 2.22. The molecule has 2 aliphatic rings. The maximum absolute atomic E-state index is 13.0. The molecular weight excluding hydrogens is 366 g/mol. The Morgan fingerprint density at radius 2 is 1.97 bits per heavy atom. The fourth-order valence-electron chi connectivity index (χ4n) is 4.07. The maximum Gasteiger partial charge on any atom is 0.253 e. The van der Waals surface area contributed by atoms with Crippen molar-refractivity contribution in [1.29, 1.82) is 0 Å². The molecule has 2 N–H and O–H groups in total. The van der Waals surface area contributed by atoms with Crippen LogP contribution in [0, 0.1) is 0 Å². The van der Waals surface area contributed by atoms with Crippen LogP contribution < -0.4 is 15.5 Å². The summed E-state index contributed by atoms with van der Waals surface area (Å²) in [5, 5.41) is 6.00. The summed E-state index contributed by atoms with van der Waals surface area (Å²) in [5.41, 5.74) is 2.28. The Hall–Kier alpha value is -2.08. The molecule has 160 valence electrons. The normalized spacial score (nSPS) is 18.8. The summed E-state index contributed by atoms with van der Waals surface area (Å²) >= 11 is 0. The summed E-state index contributed by atoms with van der Waals surface area (Å²) in [6, 6.07) is 5.70. The molecule has 2 saturated heterocycles. The number of hydrogen-bond acceptors (Lipinski definition) is 4. The van der Waals surface area contributed by atoms with Gasteiger partial charge in [0.2, 0.25) is 5.91 Å². The second-order valence-electron chi connectivity index (χ2n) is 8.13. The molecule has 0 aliphatic carbocycles. The average Bonchev–Trinajstić information content (AvgIpc) is 3.43. The van der Waals surface area contributed by atoms with E-state index in [1.807, 2.05) is 18.2 Å². The molecule has 29 heavy (non-hydrogen) atoms. The molecule has 0 spiro atoms. The van der Waals surface area contributed by atoms with Crippen LogP contribution in [0.2, 0.25) is 0 Å². The average molecular weight is 402 g/mol. The number of ether oxygens (including phenoxy) is 1. The number of amides is 2. The Balaban J connectivity index is 1.66. The first-order valence-electron chi connectivity index (χ1n) is 11.3. The van der Waals surface area contributed by atoms with Crippen molar-refractivity contribution in [1.82, 2.24) is 5.32 Å². The Morgan fingerprint density at radius 1 is 1.14 bits per heavy atom. The highest BCUT2D eigenvalue weighted by molar-refractivity contribution is 6.02. The summed E-state index contributed by atoms with van der Waals surface area (Å²) in [6.07, 6.45) is 9.27. The number of unbranched alkanes of at least 4 members (excludes halogenated alkanes) is 3. The van der Waals surface area contributed by atoms with Crippen LogP contribution >= 0.6 is 0 Å². The third kappa shape index (κ3) is 6.46. The van der Waals surface area contributed by atoms with E-state index in [0.717, 1.165) is 76.8 Å². The van der Waals surface area contributed by atoms with Crippen molar-refractivity contribution >= 4 is 23.2 Å². The van der Waals surface area contributed by atoms with E-state index in [-0.39, 0.29) is 17.9 Å². The molecule has 0 saturated carbocycles. The third-order valence-corrected chi connectivity index (χ3v) is 5.74. The van der Waals surface area contributed by atoms with E-state index in [1.165, 1.54) is 0 Å². The predicted molar refractivity (Wildman–Crippen MR) is 117 cm³/mol. The molecular formula is C23H35N3O3. The molecule has 1 atom stereocenters. The van der Waals surface area contributed by atoms with Crippen molar-refractivity contribution in [2.75, 3.05) is 36.5 Å². The zero-order valence-corrected chi connectivity index (χ0v) is 17.7. The Labute approximate surface area is 174 Å². The fourth-order valence-corrected chi connectivity index (χ4v) is 4.07. The first kappa shape index (κ1) is 21.6. The van der Waals surface area contributed by atoms with E-state index in [1.54, 1.807) is 0 Å². The molecule has 0 bridgehead atoms. The minimum atomic E-state index is -0.0959. The van der Waals surface area contributed by atoms with Crippen molar-refractivity contribution in [3.8, 4) is 0 Å². The van der Waals surface area contributed by atoms with Gasteiger partial charge in [0.1, 0.15) is 0 Å². The van der Waals surface area contributed by atoms with Crippen LogP contribution in [0.4, 0.5) is 11.4 Å². The van der Waals surface area contributed by atoms with Gasteiger partial charge in [0.15, 0.2) is 0 Å². The van der Waals surface area contributed by atoms with Crippen LogP contribution in [0.3, 0.4) is 0 Å². The molecule has 1 aromatic carbocycles. The lowest BCUT2D eigenvalue weighted by Gasteiger charge is -2.22. The number of benzene rings is 1.